The third kappa shape index (κ3) is 2.45. The molecule has 1 saturated heterocycles. The highest BCUT2D eigenvalue weighted by Crippen LogP contribution is 2.32. The van der Waals surface area contributed by atoms with Crippen LogP contribution >= 0.6 is 27.5 Å². The average molecular weight is 325 g/mol. The van der Waals surface area contributed by atoms with Crippen molar-refractivity contribution in [3.8, 4) is 0 Å². The van der Waals surface area contributed by atoms with Crippen LogP contribution in [0.3, 0.4) is 0 Å². The van der Waals surface area contributed by atoms with Crippen molar-refractivity contribution in [2.24, 2.45) is 5.92 Å². The number of benzene rings is 1. The van der Waals surface area contributed by atoms with Gasteiger partial charge in [-0.2, -0.15) is 0 Å². The lowest BCUT2D eigenvalue weighted by molar-refractivity contribution is -0.117. The zero-order valence-electron chi connectivity index (χ0n) is 8.72. The van der Waals surface area contributed by atoms with Gasteiger partial charge in [-0.05, 0) is 18.1 Å². The van der Waals surface area contributed by atoms with Gasteiger partial charge < -0.3 is 4.90 Å². The Balaban J connectivity index is 2.38. The van der Waals surface area contributed by atoms with Crippen LogP contribution < -0.4 is 4.90 Å². The maximum atomic E-state index is 13.6. The monoisotopic (exact) mass is 323 g/mol. The summed E-state index contributed by atoms with van der Waals surface area (Å²) in [5.74, 6) is -1.80. The van der Waals surface area contributed by atoms with Gasteiger partial charge in [0.2, 0.25) is 5.91 Å². The summed E-state index contributed by atoms with van der Waals surface area (Å²) in [5.41, 5.74) is -0.303. The number of rotatable bonds is 2. The Bertz CT molecular complexity index is 446. The van der Waals surface area contributed by atoms with E-state index in [4.69, 9.17) is 11.6 Å². The molecule has 2 nitrogen and oxygen atoms in total. The lowest BCUT2D eigenvalue weighted by atomic mass is 10.2. The first-order valence-electron chi connectivity index (χ1n) is 5.03. The van der Waals surface area contributed by atoms with Gasteiger partial charge in [-0.15, -0.1) is 0 Å². The van der Waals surface area contributed by atoms with Crippen LogP contribution in [0.5, 0.6) is 0 Å². The third-order valence-corrected chi connectivity index (χ3v) is 3.81. The van der Waals surface area contributed by atoms with E-state index in [2.05, 4.69) is 15.9 Å². The molecule has 17 heavy (non-hydrogen) atoms. The van der Waals surface area contributed by atoms with Crippen LogP contribution in [0.25, 0.3) is 0 Å². The van der Waals surface area contributed by atoms with Crippen LogP contribution in [0, 0.1) is 17.6 Å². The Morgan fingerprint density at radius 3 is 2.47 bits per heavy atom. The van der Waals surface area contributed by atoms with E-state index in [1.165, 1.54) is 0 Å². The van der Waals surface area contributed by atoms with Crippen LogP contribution in [-0.4, -0.2) is 17.8 Å². The van der Waals surface area contributed by atoms with Gasteiger partial charge in [-0.1, -0.05) is 27.5 Å². The van der Waals surface area contributed by atoms with Crippen LogP contribution in [-0.2, 0) is 4.79 Å². The highest BCUT2D eigenvalue weighted by atomic mass is 79.9. The minimum atomic E-state index is -0.807. The summed E-state index contributed by atoms with van der Waals surface area (Å²) in [7, 11) is 0. The number of halogens is 4. The van der Waals surface area contributed by atoms with E-state index in [1.807, 2.05) is 0 Å². The number of anilines is 1. The number of amides is 1. The van der Waals surface area contributed by atoms with Gasteiger partial charge in [0, 0.05) is 23.3 Å². The SMILES string of the molecule is O=C1CC(CBr)CN1c1c(F)cc(Cl)cc1F. The summed E-state index contributed by atoms with van der Waals surface area (Å²) < 4.78 is 27.3. The smallest absolute Gasteiger partial charge is 0.227 e. The van der Waals surface area contributed by atoms with E-state index >= 15 is 0 Å². The summed E-state index contributed by atoms with van der Waals surface area (Å²) in [6.07, 6.45) is 0.298. The second kappa shape index (κ2) is 4.90. The van der Waals surface area contributed by atoms with Gasteiger partial charge in [0.15, 0.2) is 11.6 Å². The molecule has 0 spiro atoms. The molecule has 0 N–H and O–H groups in total. The number of carbonyl (C=O) groups is 1. The molecule has 0 bridgehead atoms. The predicted molar refractivity (Wildman–Crippen MR) is 65.6 cm³/mol. The summed E-state index contributed by atoms with van der Waals surface area (Å²) >= 11 is 8.80. The molecular formula is C11H9BrClF2NO. The minimum absolute atomic E-state index is 0.0209. The number of hydrogen-bond donors (Lipinski definition) is 0. The number of carbonyl (C=O) groups excluding carboxylic acids is 1. The Hall–Kier alpha value is -0.680. The first-order valence-corrected chi connectivity index (χ1v) is 6.53. The Morgan fingerprint density at radius 2 is 2.00 bits per heavy atom. The molecule has 1 heterocycles. The van der Waals surface area contributed by atoms with E-state index in [9.17, 15) is 13.6 Å². The lowest BCUT2D eigenvalue weighted by Crippen LogP contribution is -2.26. The Kier molecular flexibility index (Phi) is 3.68. The van der Waals surface area contributed by atoms with Crippen LogP contribution in [0.1, 0.15) is 6.42 Å². The van der Waals surface area contributed by atoms with Gasteiger partial charge >= 0.3 is 0 Å². The Morgan fingerprint density at radius 1 is 1.41 bits per heavy atom. The van der Waals surface area contributed by atoms with Gasteiger partial charge in [0.1, 0.15) is 5.69 Å². The zero-order valence-corrected chi connectivity index (χ0v) is 11.1. The summed E-state index contributed by atoms with van der Waals surface area (Å²) in [6.45, 7) is 0.319. The maximum Gasteiger partial charge on any atom is 0.227 e. The summed E-state index contributed by atoms with van der Waals surface area (Å²) in [5, 5.41) is 0.610. The molecule has 0 aliphatic carbocycles. The molecule has 6 heteroatoms. The van der Waals surface area contributed by atoms with E-state index in [-0.39, 0.29) is 22.5 Å². The van der Waals surface area contributed by atoms with Gasteiger partial charge in [-0.3, -0.25) is 4.79 Å². The molecule has 1 aromatic carbocycles. The lowest BCUT2D eigenvalue weighted by Gasteiger charge is -2.18. The van der Waals surface area contributed by atoms with Gasteiger partial charge in [0.25, 0.3) is 0 Å². The molecule has 1 unspecified atom stereocenters. The maximum absolute atomic E-state index is 13.6. The number of hydrogen-bond acceptors (Lipinski definition) is 1. The van der Waals surface area contributed by atoms with Crippen LogP contribution in [0.15, 0.2) is 12.1 Å². The van der Waals surface area contributed by atoms with Crippen molar-refractivity contribution in [1.29, 1.82) is 0 Å². The van der Waals surface area contributed by atoms with Gasteiger partial charge in [0.05, 0.1) is 0 Å². The fraction of sp³-hybridized carbons (Fsp3) is 0.364. The molecule has 0 radical (unpaired) electrons. The summed E-state index contributed by atoms with van der Waals surface area (Å²) in [6, 6.07) is 2.02. The molecule has 1 fully saturated rings. The first-order chi connectivity index (χ1) is 8.02. The molecule has 92 valence electrons. The van der Waals surface area contributed by atoms with Crippen LogP contribution in [0.2, 0.25) is 5.02 Å². The molecular weight excluding hydrogens is 315 g/mol. The molecule has 1 aliphatic heterocycles. The summed E-state index contributed by atoms with van der Waals surface area (Å²) in [4.78, 5) is 12.8. The van der Waals surface area contributed by atoms with Crippen molar-refractivity contribution < 1.29 is 13.6 Å². The molecule has 1 aromatic rings. The number of nitrogens with zero attached hydrogens (tertiary/aromatic N) is 1. The van der Waals surface area contributed by atoms with Crippen molar-refractivity contribution in [3.05, 3.63) is 28.8 Å². The highest BCUT2D eigenvalue weighted by molar-refractivity contribution is 9.09. The van der Waals surface area contributed by atoms with E-state index in [0.717, 1.165) is 17.0 Å². The first kappa shape index (κ1) is 12.8. The highest BCUT2D eigenvalue weighted by Gasteiger charge is 2.33. The molecule has 1 atom stereocenters. The van der Waals surface area contributed by atoms with Crippen molar-refractivity contribution in [2.75, 3.05) is 16.8 Å². The largest absolute Gasteiger partial charge is 0.307 e. The predicted octanol–water partition coefficient (Wildman–Crippen LogP) is 3.37. The van der Waals surface area contributed by atoms with E-state index in [0.29, 0.717) is 18.3 Å². The second-order valence-electron chi connectivity index (χ2n) is 3.95. The van der Waals surface area contributed by atoms with E-state index < -0.39 is 11.6 Å². The average Bonchev–Trinajstić information content (AvgIpc) is 2.59. The third-order valence-electron chi connectivity index (χ3n) is 2.67. The fourth-order valence-electron chi connectivity index (χ4n) is 1.89. The minimum Gasteiger partial charge on any atom is -0.307 e. The molecule has 1 aliphatic rings. The zero-order chi connectivity index (χ0) is 12.6. The Labute approximate surface area is 111 Å². The van der Waals surface area contributed by atoms with Crippen molar-refractivity contribution in [1.82, 2.24) is 0 Å². The van der Waals surface area contributed by atoms with Crippen LogP contribution in [0.4, 0.5) is 14.5 Å². The normalized spacial score (nSPS) is 20.1. The molecule has 2 rings (SSSR count). The van der Waals surface area contributed by atoms with E-state index in [1.54, 1.807) is 0 Å². The molecule has 1 amide bonds. The van der Waals surface area contributed by atoms with Crippen molar-refractivity contribution >= 4 is 39.1 Å². The topological polar surface area (TPSA) is 20.3 Å². The fourth-order valence-corrected chi connectivity index (χ4v) is 2.52. The second-order valence-corrected chi connectivity index (χ2v) is 5.03. The molecule has 0 saturated carbocycles. The van der Waals surface area contributed by atoms with Crippen molar-refractivity contribution in [2.45, 2.75) is 6.42 Å². The number of alkyl halides is 1. The quantitative estimate of drug-likeness (QED) is 0.764. The van der Waals surface area contributed by atoms with Gasteiger partial charge in [-0.25, -0.2) is 8.78 Å². The standard InChI is InChI=1S/C11H9BrClF2NO/c12-4-6-1-10(17)16(5-6)11-8(14)2-7(13)3-9(11)15/h2-3,6H,1,4-5H2. The van der Waals surface area contributed by atoms with Crippen molar-refractivity contribution in [3.63, 3.8) is 0 Å². The molecule has 0 aromatic heterocycles.